The summed E-state index contributed by atoms with van der Waals surface area (Å²) >= 11 is 0. The molecule has 2 amide bonds. The van der Waals surface area contributed by atoms with Gasteiger partial charge in [0.1, 0.15) is 0 Å². The van der Waals surface area contributed by atoms with E-state index < -0.39 is 17.8 Å². The minimum atomic E-state index is -0.592. The molecule has 0 N–H and O–H groups in total. The molecule has 6 heteroatoms. The molecule has 0 spiro atoms. The molecule has 0 radical (unpaired) electrons. The summed E-state index contributed by atoms with van der Waals surface area (Å²) in [6.07, 6.45) is 1.07. The fourth-order valence-corrected chi connectivity index (χ4v) is 3.39. The maximum Gasteiger partial charge on any atom is 0.334 e. The highest BCUT2D eigenvalue weighted by atomic mass is 16.7. The first-order chi connectivity index (χ1) is 12.6. The lowest BCUT2D eigenvalue weighted by molar-refractivity contribution is -0.168. The zero-order valence-electron chi connectivity index (χ0n) is 14.2. The average Bonchev–Trinajstić information content (AvgIpc) is 2.91. The third-order valence-corrected chi connectivity index (χ3v) is 4.79. The molecule has 2 aromatic carbocycles. The van der Waals surface area contributed by atoms with E-state index in [9.17, 15) is 14.4 Å². The number of amides is 2. The molecule has 26 heavy (non-hydrogen) atoms. The Labute approximate surface area is 150 Å². The van der Waals surface area contributed by atoms with E-state index in [-0.39, 0.29) is 17.5 Å². The first-order valence-electron chi connectivity index (χ1n) is 8.61. The standard InChI is InChI=1S/C20H18N2O4/c23-18(10-12-21-11-9-14-5-1-2-6-15(14)13-21)26-22-19(24)16-7-3-4-8-17(16)20(22)25/h1-8H,9-13H2. The van der Waals surface area contributed by atoms with Crippen LogP contribution in [0, 0.1) is 0 Å². The number of hydrogen-bond donors (Lipinski definition) is 0. The summed E-state index contributed by atoms with van der Waals surface area (Å²) in [7, 11) is 0. The van der Waals surface area contributed by atoms with Crippen molar-refractivity contribution in [3.63, 3.8) is 0 Å². The number of benzene rings is 2. The molecule has 2 heterocycles. The number of imide groups is 1. The van der Waals surface area contributed by atoms with Gasteiger partial charge in [0.25, 0.3) is 11.8 Å². The van der Waals surface area contributed by atoms with Crippen molar-refractivity contribution < 1.29 is 19.2 Å². The summed E-state index contributed by atoms with van der Waals surface area (Å²) in [4.78, 5) is 43.8. The molecule has 6 nitrogen and oxygen atoms in total. The van der Waals surface area contributed by atoms with Crippen molar-refractivity contribution in [2.45, 2.75) is 19.4 Å². The molecule has 2 aromatic rings. The molecule has 0 fully saturated rings. The Hall–Kier alpha value is -2.99. The molecule has 132 valence electrons. The Morgan fingerprint density at radius 2 is 1.54 bits per heavy atom. The first-order valence-corrected chi connectivity index (χ1v) is 8.61. The highest BCUT2D eigenvalue weighted by molar-refractivity contribution is 6.20. The molecule has 0 aliphatic carbocycles. The van der Waals surface area contributed by atoms with E-state index in [4.69, 9.17) is 4.84 Å². The van der Waals surface area contributed by atoms with Gasteiger partial charge < -0.3 is 4.84 Å². The third-order valence-electron chi connectivity index (χ3n) is 4.79. The number of carbonyl (C=O) groups excluding carboxylic acids is 3. The zero-order valence-corrected chi connectivity index (χ0v) is 14.2. The second-order valence-electron chi connectivity index (χ2n) is 6.46. The van der Waals surface area contributed by atoms with Gasteiger partial charge in [-0.1, -0.05) is 41.5 Å². The van der Waals surface area contributed by atoms with Crippen molar-refractivity contribution in [2.24, 2.45) is 0 Å². The van der Waals surface area contributed by atoms with Crippen LogP contribution in [0.4, 0.5) is 0 Å². The van der Waals surface area contributed by atoms with Gasteiger partial charge in [-0.2, -0.15) is 0 Å². The van der Waals surface area contributed by atoms with Crippen LogP contribution in [0.3, 0.4) is 0 Å². The second kappa shape index (κ2) is 6.72. The Morgan fingerprint density at radius 1 is 0.923 bits per heavy atom. The highest BCUT2D eigenvalue weighted by Gasteiger charge is 2.38. The monoisotopic (exact) mass is 350 g/mol. The number of carbonyl (C=O) groups is 3. The lowest BCUT2D eigenvalue weighted by Gasteiger charge is -2.28. The number of hydrogen-bond acceptors (Lipinski definition) is 5. The zero-order chi connectivity index (χ0) is 18.1. The summed E-state index contributed by atoms with van der Waals surface area (Å²) in [6, 6.07) is 14.7. The average molecular weight is 350 g/mol. The summed E-state index contributed by atoms with van der Waals surface area (Å²) in [5, 5.41) is 0.568. The number of rotatable bonds is 4. The van der Waals surface area contributed by atoms with Gasteiger partial charge in [0, 0.05) is 19.6 Å². The van der Waals surface area contributed by atoms with Gasteiger partial charge in [-0.15, -0.1) is 0 Å². The molecule has 4 rings (SSSR count). The maximum absolute atomic E-state index is 12.2. The predicted octanol–water partition coefficient (Wildman–Crippen LogP) is 2.19. The van der Waals surface area contributed by atoms with Gasteiger partial charge in [-0.25, -0.2) is 4.79 Å². The van der Waals surface area contributed by atoms with Gasteiger partial charge in [-0.05, 0) is 29.7 Å². The van der Waals surface area contributed by atoms with Crippen molar-refractivity contribution in [1.29, 1.82) is 0 Å². The van der Waals surface area contributed by atoms with Crippen LogP contribution >= 0.6 is 0 Å². The Kier molecular flexibility index (Phi) is 4.26. The topological polar surface area (TPSA) is 66.9 Å². The third kappa shape index (κ3) is 2.99. The number of hydroxylamine groups is 2. The first kappa shape index (κ1) is 16.5. The predicted molar refractivity (Wildman–Crippen MR) is 93.1 cm³/mol. The number of fused-ring (bicyclic) bond motifs is 2. The van der Waals surface area contributed by atoms with E-state index in [1.807, 2.05) is 12.1 Å². The molecule has 0 saturated carbocycles. The van der Waals surface area contributed by atoms with Gasteiger partial charge in [0.15, 0.2) is 0 Å². The van der Waals surface area contributed by atoms with E-state index in [0.717, 1.165) is 19.5 Å². The molecule has 2 aliphatic rings. The molecule has 0 bridgehead atoms. The Morgan fingerprint density at radius 3 is 2.23 bits per heavy atom. The van der Waals surface area contributed by atoms with E-state index in [0.29, 0.717) is 11.6 Å². The quantitative estimate of drug-likeness (QED) is 0.791. The molecule has 0 atom stereocenters. The fourth-order valence-electron chi connectivity index (χ4n) is 3.39. The smallest absolute Gasteiger partial charge is 0.330 e. The van der Waals surface area contributed by atoms with Gasteiger partial charge in [0.05, 0.1) is 17.5 Å². The SMILES string of the molecule is O=C(CCN1CCc2ccccc2C1)ON1C(=O)c2ccccc2C1=O. The minimum absolute atomic E-state index is 0.121. The highest BCUT2D eigenvalue weighted by Crippen LogP contribution is 2.23. The van der Waals surface area contributed by atoms with Crippen LogP contribution in [0.25, 0.3) is 0 Å². The summed E-state index contributed by atoms with van der Waals surface area (Å²) in [6.45, 7) is 2.18. The number of nitrogens with zero attached hydrogens (tertiary/aromatic N) is 2. The van der Waals surface area contributed by atoms with Crippen LogP contribution < -0.4 is 0 Å². The molecular weight excluding hydrogens is 332 g/mol. The molecule has 0 unspecified atom stereocenters. The lowest BCUT2D eigenvalue weighted by atomic mass is 10.00. The lowest BCUT2D eigenvalue weighted by Crippen LogP contribution is -2.35. The van der Waals surface area contributed by atoms with Gasteiger partial charge in [0.2, 0.25) is 0 Å². The van der Waals surface area contributed by atoms with Crippen molar-refractivity contribution in [3.8, 4) is 0 Å². The fraction of sp³-hybridized carbons (Fsp3) is 0.250. The molecule has 0 saturated heterocycles. The summed E-state index contributed by atoms with van der Waals surface area (Å²) < 4.78 is 0. The molecule has 0 aromatic heterocycles. The van der Waals surface area contributed by atoms with Crippen LogP contribution in [-0.4, -0.2) is 40.8 Å². The van der Waals surface area contributed by atoms with E-state index in [1.54, 1.807) is 24.3 Å². The van der Waals surface area contributed by atoms with Crippen molar-refractivity contribution in [3.05, 3.63) is 70.8 Å². The Balaban J connectivity index is 1.33. The second-order valence-corrected chi connectivity index (χ2v) is 6.46. The minimum Gasteiger partial charge on any atom is -0.330 e. The van der Waals surface area contributed by atoms with Crippen LogP contribution in [0.1, 0.15) is 38.3 Å². The summed E-state index contributed by atoms with van der Waals surface area (Å²) in [5.41, 5.74) is 3.14. The van der Waals surface area contributed by atoms with Crippen LogP contribution in [-0.2, 0) is 22.6 Å². The van der Waals surface area contributed by atoms with Gasteiger partial charge >= 0.3 is 5.97 Å². The summed E-state index contributed by atoms with van der Waals surface area (Å²) in [5.74, 6) is -1.77. The van der Waals surface area contributed by atoms with E-state index >= 15 is 0 Å². The maximum atomic E-state index is 12.2. The normalized spacial score (nSPS) is 16.4. The van der Waals surface area contributed by atoms with E-state index in [1.165, 1.54) is 11.1 Å². The van der Waals surface area contributed by atoms with E-state index in [2.05, 4.69) is 17.0 Å². The molecular formula is C20H18N2O4. The van der Waals surface area contributed by atoms with Crippen molar-refractivity contribution >= 4 is 17.8 Å². The largest absolute Gasteiger partial charge is 0.334 e. The van der Waals surface area contributed by atoms with Crippen LogP contribution in [0.2, 0.25) is 0 Å². The van der Waals surface area contributed by atoms with Crippen molar-refractivity contribution in [1.82, 2.24) is 9.96 Å². The van der Waals surface area contributed by atoms with Gasteiger partial charge in [-0.3, -0.25) is 14.5 Å². The van der Waals surface area contributed by atoms with Crippen LogP contribution in [0.15, 0.2) is 48.5 Å². The van der Waals surface area contributed by atoms with Crippen LogP contribution in [0.5, 0.6) is 0 Å². The van der Waals surface area contributed by atoms with Crippen molar-refractivity contribution in [2.75, 3.05) is 13.1 Å². The Bertz CT molecular complexity index is 858. The molecule has 2 aliphatic heterocycles.